The highest BCUT2D eigenvalue weighted by atomic mass is 16.2. The van der Waals surface area contributed by atoms with E-state index in [2.05, 4.69) is 25.5 Å². The van der Waals surface area contributed by atoms with E-state index in [1.807, 2.05) is 0 Å². The fourth-order valence-corrected chi connectivity index (χ4v) is 2.54. The smallest absolute Gasteiger partial charge is 0.253 e. The van der Waals surface area contributed by atoms with E-state index >= 15 is 0 Å². The summed E-state index contributed by atoms with van der Waals surface area (Å²) in [6, 6.07) is 3.36. The van der Waals surface area contributed by atoms with Crippen LogP contribution in [0.25, 0.3) is 0 Å². The molecule has 1 unspecified atom stereocenters. The van der Waals surface area contributed by atoms with E-state index in [-0.39, 0.29) is 17.7 Å². The highest BCUT2D eigenvalue weighted by molar-refractivity contribution is 5.95. The van der Waals surface area contributed by atoms with E-state index in [4.69, 9.17) is 0 Å². The quantitative estimate of drug-likeness (QED) is 0.868. The van der Waals surface area contributed by atoms with Gasteiger partial charge in [0.25, 0.3) is 5.91 Å². The van der Waals surface area contributed by atoms with Gasteiger partial charge in [-0.05, 0) is 25.0 Å². The Bertz CT molecular complexity index is 643. The molecule has 2 aromatic heterocycles. The molecule has 2 aromatic rings. The zero-order valence-corrected chi connectivity index (χ0v) is 11.9. The molecule has 3 rings (SSSR count). The predicted octanol–water partition coefficient (Wildman–Crippen LogP) is 0.691. The van der Waals surface area contributed by atoms with Gasteiger partial charge >= 0.3 is 0 Å². The lowest BCUT2D eigenvalue weighted by Gasteiger charge is -2.31. The van der Waals surface area contributed by atoms with Crippen LogP contribution in [-0.2, 0) is 4.79 Å². The largest absolute Gasteiger partial charge is 0.338 e. The summed E-state index contributed by atoms with van der Waals surface area (Å²) in [5.41, 5.74) is 0.589. The maximum atomic E-state index is 12.4. The molecule has 22 heavy (non-hydrogen) atoms. The van der Waals surface area contributed by atoms with Gasteiger partial charge in [0.2, 0.25) is 11.9 Å². The molecule has 1 atom stereocenters. The average Bonchev–Trinajstić information content (AvgIpc) is 3.08. The Balaban J connectivity index is 1.64. The third-order valence-corrected chi connectivity index (χ3v) is 3.66. The fraction of sp³-hybridized carbons (Fsp3) is 0.357. The van der Waals surface area contributed by atoms with Crippen LogP contribution in [0.1, 0.15) is 23.2 Å². The molecule has 1 saturated heterocycles. The van der Waals surface area contributed by atoms with E-state index in [9.17, 15) is 9.59 Å². The highest BCUT2D eigenvalue weighted by Gasteiger charge is 2.29. The van der Waals surface area contributed by atoms with Gasteiger partial charge in [-0.25, -0.2) is 5.10 Å². The van der Waals surface area contributed by atoms with E-state index in [0.717, 1.165) is 12.8 Å². The number of carbonyl (C=O) groups is 2. The van der Waals surface area contributed by atoms with Gasteiger partial charge in [-0.15, -0.1) is 0 Å². The number of nitrogens with zero attached hydrogens (tertiary/aromatic N) is 4. The van der Waals surface area contributed by atoms with Crippen LogP contribution in [0.5, 0.6) is 0 Å². The Hall–Kier alpha value is -2.77. The van der Waals surface area contributed by atoms with Crippen LogP contribution in [-0.4, -0.2) is 50.0 Å². The number of anilines is 1. The van der Waals surface area contributed by atoms with Gasteiger partial charge in [-0.2, -0.15) is 10.1 Å². The lowest BCUT2D eigenvalue weighted by Crippen LogP contribution is -2.43. The van der Waals surface area contributed by atoms with E-state index in [0.29, 0.717) is 24.6 Å². The summed E-state index contributed by atoms with van der Waals surface area (Å²) in [5.74, 6) is -0.143. The summed E-state index contributed by atoms with van der Waals surface area (Å²) >= 11 is 0. The van der Waals surface area contributed by atoms with Gasteiger partial charge in [-0.1, -0.05) is 0 Å². The highest BCUT2D eigenvalue weighted by Crippen LogP contribution is 2.19. The number of pyridine rings is 1. The van der Waals surface area contributed by atoms with Crippen LogP contribution < -0.4 is 5.32 Å². The van der Waals surface area contributed by atoms with Crippen LogP contribution in [0.3, 0.4) is 0 Å². The Labute approximate surface area is 127 Å². The van der Waals surface area contributed by atoms with Crippen molar-refractivity contribution in [2.75, 3.05) is 18.4 Å². The molecule has 1 aliphatic rings. The van der Waals surface area contributed by atoms with Crippen molar-refractivity contribution in [1.29, 1.82) is 0 Å². The monoisotopic (exact) mass is 300 g/mol. The first-order valence-corrected chi connectivity index (χ1v) is 7.09. The summed E-state index contributed by atoms with van der Waals surface area (Å²) in [5, 5.41) is 8.94. The average molecular weight is 300 g/mol. The number of aromatic nitrogens is 4. The molecule has 8 nitrogen and oxygen atoms in total. The Morgan fingerprint density at radius 2 is 2.14 bits per heavy atom. The van der Waals surface area contributed by atoms with Crippen LogP contribution in [0, 0.1) is 5.92 Å². The van der Waals surface area contributed by atoms with E-state index < -0.39 is 0 Å². The number of hydrogen-bond acceptors (Lipinski definition) is 5. The van der Waals surface area contributed by atoms with Gasteiger partial charge in [0.1, 0.15) is 6.33 Å². The summed E-state index contributed by atoms with van der Waals surface area (Å²) in [4.78, 5) is 34.1. The molecular weight excluding hydrogens is 284 g/mol. The number of aromatic amines is 1. The molecule has 0 radical (unpaired) electrons. The summed E-state index contributed by atoms with van der Waals surface area (Å²) < 4.78 is 0. The fourth-order valence-electron chi connectivity index (χ4n) is 2.54. The van der Waals surface area contributed by atoms with Crippen molar-refractivity contribution < 1.29 is 9.59 Å². The van der Waals surface area contributed by atoms with Crippen molar-refractivity contribution in [3.8, 4) is 0 Å². The topological polar surface area (TPSA) is 104 Å². The number of carbonyl (C=O) groups excluding carboxylic acids is 2. The zero-order chi connectivity index (χ0) is 15.4. The van der Waals surface area contributed by atoms with E-state index in [1.54, 1.807) is 29.4 Å². The van der Waals surface area contributed by atoms with Gasteiger partial charge in [0.05, 0.1) is 5.92 Å². The Morgan fingerprint density at radius 1 is 1.32 bits per heavy atom. The molecule has 114 valence electrons. The number of hydrogen-bond donors (Lipinski definition) is 2. The van der Waals surface area contributed by atoms with Crippen molar-refractivity contribution in [1.82, 2.24) is 25.1 Å². The van der Waals surface area contributed by atoms with Gasteiger partial charge in [-0.3, -0.25) is 19.9 Å². The third-order valence-electron chi connectivity index (χ3n) is 3.66. The number of piperidine rings is 1. The maximum Gasteiger partial charge on any atom is 0.253 e. The van der Waals surface area contributed by atoms with Crippen LogP contribution >= 0.6 is 0 Å². The number of rotatable bonds is 3. The maximum absolute atomic E-state index is 12.4. The predicted molar refractivity (Wildman–Crippen MR) is 77.9 cm³/mol. The van der Waals surface area contributed by atoms with Crippen LogP contribution in [0.15, 0.2) is 30.9 Å². The molecule has 0 spiro atoms. The van der Waals surface area contributed by atoms with E-state index in [1.165, 1.54) is 6.33 Å². The molecule has 2 N–H and O–H groups in total. The first-order valence-electron chi connectivity index (χ1n) is 7.09. The second kappa shape index (κ2) is 6.33. The molecule has 1 aliphatic heterocycles. The number of H-pyrrole nitrogens is 1. The van der Waals surface area contributed by atoms with Crippen LogP contribution in [0.2, 0.25) is 0 Å². The normalized spacial score (nSPS) is 18.0. The Morgan fingerprint density at radius 3 is 2.86 bits per heavy atom. The number of nitrogens with one attached hydrogen (secondary N) is 2. The zero-order valence-electron chi connectivity index (χ0n) is 11.9. The van der Waals surface area contributed by atoms with Crippen molar-refractivity contribution in [3.05, 3.63) is 36.4 Å². The SMILES string of the molecule is O=C(Nc1ncn[nH]1)C1CCCN(C(=O)c2ccncc2)C1. The molecule has 0 saturated carbocycles. The minimum Gasteiger partial charge on any atom is -0.338 e. The molecule has 8 heteroatoms. The number of amides is 2. The second-order valence-corrected chi connectivity index (χ2v) is 5.15. The molecule has 0 bridgehead atoms. The van der Waals surface area contributed by atoms with Crippen molar-refractivity contribution in [2.45, 2.75) is 12.8 Å². The Kier molecular flexibility index (Phi) is 4.08. The summed E-state index contributed by atoms with van der Waals surface area (Å²) in [6.07, 6.45) is 6.05. The van der Waals surface area contributed by atoms with Gasteiger partial charge < -0.3 is 4.90 Å². The lowest BCUT2D eigenvalue weighted by molar-refractivity contribution is -0.121. The molecule has 3 heterocycles. The second-order valence-electron chi connectivity index (χ2n) is 5.15. The molecule has 1 fully saturated rings. The molecule has 0 aromatic carbocycles. The minimum atomic E-state index is -0.246. The molecular formula is C14H16N6O2. The summed E-state index contributed by atoms with van der Waals surface area (Å²) in [6.45, 7) is 1.06. The standard InChI is InChI=1S/C14H16N6O2/c21-12(18-14-16-9-17-19-14)11-2-1-7-20(8-11)13(22)10-3-5-15-6-4-10/h3-6,9,11H,1-2,7-8H2,(H2,16,17,18,19,21). The lowest BCUT2D eigenvalue weighted by atomic mass is 9.96. The van der Waals surface area contributed by atoms with Crippen molar-refractivity contribution in [2.24, 2.45) is 5.92 Å². The first kappa shape index (κ1) is 14.2. The van der Waals surface area contributed by atoms with Gasteiger partial charge in [0, 0.05) is 31.0 Å². The van der Waals surface area contributed by atoms with Crippen molar-refractivity contribution >= 4 is 17.8 Å². The van der Waals surface area contributed by atoms with Gasteiger partial charge in [0.15, 0.2) is 0 Å². The minimum absolute atomic E-state index is 0.0698. The third kappa shape index (κ3) is 3.11. The molecule has 2 amide bonds. The molecule has 0 aliphatic carbocycles. The van der Waals surface area contributed by atoms with Crippen molar-refractivity contribution in [3.63, 3.8) is 0 Å². The van der Waals surface area contributed by atoms with Crippen LogP contribution in [0.4, 0.5) is 5.95 Å². The first-order chi connectivity index (χ1) is 10.7. The summed E-state index contributed by atoms with van der Waals surface area (Å²) in [7, 11) is 0. The number of likely N-dealkylation sites (tertiary alicyclic amines) is 1.